The summed E-state index contributed by atoms with van der Waals surface area (Å²) in [6.07, 6.45) is 1.53. The number of hydrogen-bond donors (Lipinski definition) is 1. The maximum atomic E-state index is 11.6. The predicted octanol–water partition coefficient (Wildman–Crippen LogP) is 0.495. The van der Waals surface area contributed by atoms with Gasteiger partial charge >= 0.3 is 12.0 Å². The average molecular weight is 239 g/mol. The highest BCUT2D eigenvalue weighted by atomic mass is 16.5. The van der Waals surface area contributed by atoms with Crippen molar-refractivity contribution in [2.45, 2.75) is 19.8 Å². The number of ether oxygens (including phenoxy) is 1. The number of urea groups is 1. The zero-order valence-corrected chi connectivity index (χ0v) is 9.94. The lowest BCUT2D eigenvalue weighted by molar-refractivity contribution is -0.149. The van der Waals surface area contributed by atoms with Crippen molar-refractivity contribution >= 4 is 12.0 Å². The highest BCUT2D eigenvalue weighted by Gasteiger charge is 2.29. The first kappa shape index (κ1) is 13.3. The van der Waals surface area contributed by atoms with Crippen LogP contribution in [0.3, 0.4) is 0 Å². The molecule has 17 heavy (non-hydrogen) atoms. The summed E-state index contributed by atoms with van der Waals surface area (Å²) in [5.74, 6) is -0.484. The molecule has 1 aliphatic rings. The van der Waals surface area contributed by atoms with E-state index in [0.29, 0.717) is 19.7 Å². The van der Waals surface area contributed by atoms with Crippen LogP contribution in [0.25, 0.3) is 0 Å². The van der Waals surface area contributed by atoms with Gasteiger partial charge in [-0.2, -0.15) is 5.26 Å². The second kappa shape index (κ2) is 6.74. The van der Waals surface area contributed by atoms with E-state index >= 15 is 0 Å². The number of carbonyl (C=O) groups is 2. The molecule has 1 atom stereocenters. The lowest BCUT2D eigenvalue weighted by atomic mass is 9.98. The molecule has 0 radical (unpaired) electrons. The monoisotopic (exact) mass is 239 g/mol. The van der Waals surface area contributed by atoms with Crippen molar-refractivity contribution in [1.82, 2.24) is 10.2 Å². The smallest absolute Gasteiger partial charge is 0.318 e. The van der Waals surface area contributed by atoms with E-state index < -0.39 is 0 Å². The summed E-state index contributed by atoms with van der Waals surface area (Å²) < 4.78 is 4.94. The molecule has 0 bridgehead atoms. The highest BCUT2D eigenvalue weighted by Crippen LogP contribution is 2.17. The SMILES string of the molecule is CCOC(=O)C1CCCN(C(=O)NCC#N)C1. The van der Waals surface area contributed by atoms with Gasteiger partial charge in [0.2, 0.25) is 0 Å². The number of hydrogen-bond acceptors (Lipinski definition) is 4. The van der Waals surface area contributed by atoms with Gasteiger partial charge in [0, 0.05) is 13.1 Å². The fourth-order valence-electron chi connectivity index (χ4n) is 1.84. The van der Waals surface area contributed by atoms with Crippen LogP contribution in [0.1, 0.15) is 19.8 Å². The molecule has 0 aromatic rings. The molecule has 6 nitrogen and oxygen atoms in total. The summed E-state index contributed by atoms with van der Waals surface area (Å²) in [6, 6.07) is 1.55. The molecule has 94 valence electrons. The minimum atomic E-state index is -0.291. The van der Waals surface area contributed by atoms with Gasteiger partial charge in [0.05, 0.1) is 18.6 Å². The standard InChI is InChI=1S/C11H17N3O3/c1-2-17-10(15)9-4-3-7-14(8-9)11(16)13-6-5-12/h9H,2-4,6-8H2,1H3,(H,13,16). The molecule has 2 amide bonds. The average Bonchev–Trinajstić information content (AvgIpc) is 2.36. The highest BCUT2D eigenvalue weighted by molar-refractivity contribution is 5.77. The Morgan fingerprint density at radius 3 is 3.00 bits per heavy atom. The summed E-state index contributed by atoms with van der Waals surface area (Å²) in [5, 5.41) is 10.8. The van der Waals surface area contributed by atoms with Crippen molar-refractivity contribution in [3.8, 4) is 6.07 Å². The third-order valence-corrected chi connectivity index (χ3v) is 2.65. The molecule has 1 aliphatic heterocycles. The molecule has 6 heteroatoms. The van der Waals surface area contributed by atoms with E-state index in [4.69, 9.17) is 10.00 Å². The fraction of sp³-hybridized carbons (Fsp3) is 0.727. The first-order valence-electron chi connectivity index (χ1n) is 5.75. The topological polar surface area (TPSA) is 82.4 Å². The Morgan fingerprint density at radius 2 is 2.35 bits per heavy atom. The molecule has 0 aliphatic carbocycles. The van der Waals surface area contributed by atoms with Crippen molar-refractivity contribution in [3.05, 3.63) is 0 Å². The number of amides is 2. The maximum Gasteiger partial charge on any atom is 0.318 e. The van der Waals surface area contributed by atoms with Gasteiger partial charge in [-0.1, -0.05) is 0 Å². The number of nitrogens with zero attached hydrogens (tertiary/aromatic N) is 2. The largest absolute Gasteiger partial charge is 0.466 e. The van der Waals surface area contributed by atoms with Gasteiger partial charge in [0.25, 0.3) is 0 Å². The van der Waals surface area contributed by atoms with E-state index in [0.717, 1.165) is 12.8 Å². The Balaban J connectivity index is 2.46. The second-order valence-corrected chi connectivity index (χ2v) is 3.85. The normalized spacial score (nSPS) is 19.3. The molecule has 1 heterocycles. The van der Waals surface area contributed by atoms with Crippen LogP contribution < -0.4 is 5.32 Å². The number of piperidine rings is 1. The molecule has 1 saturated heterocycles. The van der Waals surface area contributed by atoms with Gasteiger partial charge < -0.3 is 15.0 Å². The van der Waals surface area contributed by atoms with Crippen LogP contribution in [0.15, 0.2) is 0 Å². The van der Waals surface area contributed by atoms with Gasteiger partial charge in [-0.25, -0.2) is 4.79 Å². The van der Waals surface area contributed by atoms with Crippen LogP contribution in [0.2, 0.25) is 0 Å². The molecule has 0 spiro atoms. The van der Waals surface area contributed by atoms with E-state index in [1.807, 2.05) is 6.07 Å². The van der Waals surface area contributed by atoms with Crippen LogP contribution in [-0.4, -0.2) is 43.1 Å². The van der Waals surface area contributed by atoms with Crippen LogP contribution in [0.5, 0.6) is 0 Å². The second-order valence-electron chi connectivity index (χ2n) is 3.85. The molecular formula is C11H17N3O3. The van der Waals surface area contributed by atoms with E-state index in [1.165, 1.54) is 0 Å². The van der Waals surface area contributed by atoms with Gasteiger partial charge in [-0.3, -0.25) is 4.79 Å². The third kappa shape index (κ3) is 3.94. The number of esters is 1. The van der Waals surface area contributed by atoms with Crippen molar-refractivity contribution in [1.29, 1.82) is 5.26 Å². The Labute approximate surface area is 101 Å². The number of nitriles is 1. The molecular weight excluding hydrogens is 222 g/mol. The minimum Gasteiger partial charge on any atom is -0.466 e. The van der Waals surface area contributed by atoms with Crippen LogP contribution in [0, 0.1) is 17.2 Å². The zero-order chi connectivity index (χ0) is 12.7. The molecule has 0 aromatic carbocycles. The van der Waals surface area contributed by atoms with Crippen molar-refractivity contribution in [2.24, 2.45) is 5.92 Å². The summed E-state index contributed by atoms with van der Waals surface area (Å²) >= 11 is 0. The van der Waals surface area contributed by atoms with E-state index in [9.17, 15) is 9.59 Å². The lowest BCUT2D eigenvalue weighted by Gasteiger charge is -2.31. The van der Waals surface area contributed by atoms with Crippen molar-refractivity contribution in [2.75, 3.05) is 26.2 Å². The quantitative estimate of drug-likeness (QED) is 0.574. The van der Waals surface area contributed by atoms with E-state index in [1.54, 1.807) is 11.8 Å². The molecule has 1 unspecified atom stereocenters. The summed E-state index contributed by atoms with van der Waals surface area (Å²) in [4.78, 5) is 24.7. The number of carbonyl (C=O) groups excluding carboxylic acids is 2. The Hall–Kier alpha value is -1.77. The van der Waals surface area contributed by atoms with Gasteiger partial charge in [0.15, 0.2) is 0 Å². The molecule has 0 aromatic heterocycles. The number of likely N-dealkylation sites (tertiary alicyclic amines) is 1. The molecule has 1 fully saturated rings. The van der Waals surface area contributed by atoms with Crippen LogP contribution >= 0.6 is 0 Å². The predicted molar refractivity (Wildman–Crippen MR) is 59.9 cm³/mol. The first-order chi connectivity index (χ1) is 8.19. The van der Waals surface area contributed by atoms with Crippen molar-refractivity contribution in [3.63, 3.8) is 0 Å². The summed E-state index contributed by atoms with van der Waals surface area (Å²) in [6.45, 7) is 3.09. The first-order valence-corrected chi connectivity index (χ1v) is 5.75. The molecule has 1 rings (SSSR count). The molecule has 1 N–H and O–H groups in total. The van der Waals surface area contributed by atoms with Crippen molar-refractivity contribution < 1.29 is 14.3 Å². The number of rotatable bonds is 3. The Bertz CT molecular complexity index is 324. The van der Waals surface area contributed by atoms with Gasteiger partial charge in [-0.15, -0.1) is 0 Å². The summed E-state index contributed by atoms with van der Waals surface area (Å²) in [7, 11) is 0. The lowest BCUT2D eigenvalue weighted by Crippen LogP contribution is -2.47. The zero-order valence-electron chi connectivity index (χ0n) is 9.94. The van der Waals surface area contributed by atoms with E-state index in [2.05, 4.69) is 5.32 Å². The Morgan fingerprint density at radius 1 is 1.59 bits per heavy atom. The number of nitrogens with one attached hydrogen (secondary N) is 1. The van der Waals surface area contributed by atoms with Crippen LogP contribution in [-0.2, 0) is 9.53 Å². The summed E-state index contributed by atoms with van der Waals surface area (Å²) in [5.41, 5.74) is 0. The molecule has 0 saturated carbocycles. The fourth-order valence-corrected chi connectivity index (χ4v) is 1.84. The third-order valence-electron chi connectivity index (χ3n) is 2.65. The maximum absolute atomic E-state index is 11.6. The van der Waals surface area contributed by atoms with Gasteiger partial charge in [0.1, 0.15) is 6.54 Å². The Kier molecular flexibility index (Phi) is 5.27. The minimum absolute atomic E-state index is 0.0145. The van der Waals surface area contributed by atoms with Gasteiger partial charge in [-0.05, 0) is 19.8 Å². The van der Waals surface area contributed by atoms with E-state index in [-0.39, 0.29) is 24.5 Å². The van der Waals surface area contributed by atoms with Crippen LogP contribution in [0.4, 0.5) is 4.79 Å².